The molecule has 0 unspecified atom stereocenters. The van der Waals surface area contributed by atoms with E-state index in [9.17, 15) is 4.79 Å². The number of pyridine rings is 2. The van der Waals surface area contributed by atoms with E-state index < -0.39 is 0 Å². The minimum absolute atomic E-state index is 0.113. The first-order valence-corrected chi connectivity index (χ1v) is 11.2. The fourth-order valence-electron chi connectivity index (χ4n) is 4.08. The molecule has 0 spiro atoms. The van der Waals surface area contributed by atoms with Crippen molar-refractivity contribution in [3.63, 3.8) is 0 Å². The van der Waals surface area contributed by atoms with E-state index in [0.717, 1.165) is 43.8 Å². The van der Waals surface area contributed by atoms with Gasteiger partial charge in [-0.3, -0.25) is 14.8 Å². The monoisotopic (exact) mass is 430 g/mol. The maximum Gasteiger partial charge on any atom is 0.251 e. The summed E-state index contributed by atoms with van der Waals surface area (Å²) in [6, 6.07) is 17.7. The molecule has 32 heavy (non-hydrogen) atoms. The van der Waals surface area contributed by atoms with Crippen molar-refractivity contribution in [1.29, 1.82) is 0 Å². The third-order valence-electron chi connectivity index (χ3n) is 5.93. The first-order chi connectivity index (χ1) is 15.7. The Balaban J connectivity index is 1.21. The normalized spacial score (nSPS) is 15.8. The highest BCUT2D eigenvalue weighted by molar-refractivity contribution is 5.94. The Kier molecular flexibility index (Phi) is 7.46. The molecule has 0 saturated carbocycles. The number of carbonyl (C=O) groups is 1. The van der Waals surface area contributed by atoms with Crippen LogP contribution >= 0.6 is 0 Å². The molecule has 3 heterocycles. The number of piperidine rings is 1. The van der Waals surface area contributed by atoms with Crippen molar-refractivity contribution in [1.82, 2.24) is 20.2 Å². The Morgan fingerprint density at radius 2 is 1.91 bits per heavy atom. The third kappa shape index (κ3) is 6.14. The van der Waals surface area contributed by atoms with Gasteiger partial charge in [-0.25, -0.2) is 0 Å². The average Bonchev–Trinajstić information content (AvgIpc) is 2.85. The summed E-state index contributed by atoms with van der Waals surface area (Å²) in [5, 5.41) is 2.90. The van der Waals surface area contributed by atoms with Crippen molar-refractivity contribution in [2.24, 2.45) is 0 Å². The molecule has 4 rings (SSSR count). The van der Waals surface area contributed by atoms with Gasteiger partial charge in [-0.2, -0.15) is 0 Å². The number of hydrogen-bond acceptors (Lipinski definition) is 5. The second-order valence-corrected chi connectivity index (χ2v) is 8.30. The molecular formula is C26H30N4O2. The number of rotatable bonds is 8. The smallest absolute Gasteiger partial charge is 0.251 e. The highest BCUT2D eigenvalue weighted by atomic mass is 16.5. The van der Waals surface area contributed by atoms with E-state index >= 15 is 0 Å². The average molecular weight is 431 g/mol. The Morgan fingerprint density at radius 3 is 2.59 bits per heavy atom. The van der Waals surface area contributed by atoms with Crippen molar-refractivity contribution in [2.75, 3.05) is 13.1 Å². The number of likely N-dealkylation sites (tertiary alicyclic amines) is 1. The summed E-state index contributed by atoms with van der Waals surface area (Å²) in [5.41, 5.74) is 2.73. The van der Waals surface area contributed by atoms with Crippen LogP contribution in [-0.4, -0.2) is 46.0 Å². The van der Waals surface area contributed by atoms with Gasteiger partial charge in [0.15, 0.2) is 0 Å². The number of amides is 1. The fourth-order valence-corrected chi connectivity index (χ4v) is 4.08. The number of ether oxygens (including phenoxy) is 1. The van der Waals surface area contributed by atoms with Gasteiger partial charge in [0.2, 0.25) is 0 Å². The standard InChI is InChI=1S/C26H30N4O2/c1-20(17-21-5-4-13-27-18-21)30-15-11-25(12-16-30)32-24-9-7-22(8-10-24)26(31)29-19-23-6-2-3-14-28-23/h2-10,13-14,18,20,25H,11-12,15-17,19H2,1H3,(H,29,31)/t20-/m1/s1. The molecule has 3 aromatic rings. The molecule has 6 heteroatoms. The molecule has 0 aliphatic carbocycles. The first-order valence-electron chi connectivity index (χ1n) is 11.2. The van der Waals surface area contributed by atoms with Crippen molar-refractivity contribution in [3.05, 3.63) is 90.0 Å². The summed E-state index contributed by atoms with van der Waals surface area (Å²) < 4.78 is 6.19. The molecule has 1 aliphatic rings. The van der Waals surface area contributed by atoms with Gasteiger partial charge in [0.1, 0.15) is 11.9 Å². The van der Waals surface area contributed by atoms with Gasteiger partial charge in [-0.15, -0.1) is 0 Å². The van der Waals surface area contributed by atoms with Crippen LogP contribution in [0.2, 0.25) is 0 Å². The lowest BCUT2D eigenvalue weighted by molar-refractivity contribution is 0.0798. The Labute approximate surface area is 189 Å². The van der Waals surface area contributed by atoms with E-state index in [4.69, 9.17) is 4.74 Å². The molecule has 0 radical (unpaired) electrons. The van der Waals surface area contributed by atoms with E-state index in [0.29, 0.717) is 18.2 Å². The van der Waals surface area contributed by atoms with Crippen LogP contribution in [0.15, 0.2) is 73.2 Å². The lowest BCUT2D eigenvalue weighted by Gasteiger charge is -2.36. The van der Waals surface area contributed by atoms with Crippen LogP contribution in [-0.2, 0) is 13.0 Å². The number of carbonyl (C=O) groups excluding carboxylic acids is 1. The molecule has 2 aromatic heterocycles. The van der Waals surface area contributed by atoms with Crippen LogP contribution in [0.1, 0.15) is 41.4 Å². The van der Waals surface area contributed by atoms with Crippen LogP contribution in [0.5, 0.6) is 5.75 Å². The van der Waals surface area contributed by atoms with Gasteiger partial charge < -0.3 is 15.0 Å². The van der Waals surface area contributed by atoms with E-state index in [1.165, 1.54) is 5.56 Å². The quantitative estimate of drug-likeness (QED) is 0.587. The van der Waals surface area contributed by atoms with Gasteiger partial charge in [0.05, 0.1) is 12.2 Å². The lowest BCUT2D eigenvalue weighted by Crippen LogP contribution is -2.43. The number of hydrogen-bond donors (Lipinski definition) is 1. The first kappa shape index (κ1) is 22.0. The van der Waals surface area contributed by atoms with Crippen molar-refractivity contribution in [2.45, 2.75) is 44.9 Å². The highest BCUT2D eigenvalue weighted by Crippen LogP contribution is 2.21. The van der Waals surface area contributed by atoms with Crippen LogP contribution in [0.3, 0.4) is 0 Å². The molecule has 1 aromatic carbocycles. The predicted molar refractivity (Wildman–Crippen MR) is 124 cm³/mol. The molecule has 1 amide bonds. The van der Waals surface area contributed by atoms with E-state index in [1.54, 1.807) is 6.20 Å². The van der Waals surface area contributed by atoms with Gasteiger partial charge in [-0.1, -0.05) is 12.1 Å². The van der Waals surface area contributed by atoms with E-state index in [-0.39, 0.29) is 12.0 Å². The summed E-state index contributed by atoms with van der Waals surface area (Å²) in [6.07, 6.45) is 8.73. The van der Waals surface area contributed by atoms with Crippen LogP contribution < -0.4 is 10.1 Å². The van der Waals surface area contributed by atoms with Gasteiger partial charge in [0.25, 0.3) is 5.91 Å². The highest BCUT2D eigenvalue weighted by Gasteiger charge is 2.24. The predicted octanol–water partition coefficient (Wildman–Crippen LogP) is 3.88. The molecule has 166 valence electrons. The molecule has 1 saturated heterocycles. The Morgan fingerprint density at radius 1 is 1.09 bits per heavy atom. The molecule has 1 fully saturated rings. The second-order valence-electron chi connectivity index (χ2n) is 8.30. The summed E-state index contributed by atoms with van der Waals surface area (Å²) in [4.78, 5) is 23.3. The topological polar surface area (TPSA) is 67.4 Å². The maximum atomic E-state index is 12.4. The number of aromatic nitrogens is 2. The Bertz CT molecular complexity index is 972. The van der Waals surface area contributed by atoms with Crippen LogP contribution in [0, 0.1) is 0 Å². The van der Waals surface area contributed by atoms with E-state index in [2.05, 4.69) is 33.2 Å². The Hall–Kier alpha value is -3.25. The summed E-state index contributed by atoms with van der Waals surface area (Å²) in [7, 11) is 0. The molecule has 1 atom stereocenters. The lowest BCUT2D eigenvalue weighted by atomic mass is 10.0. The second kappa shape index (κ2) is 10.9. The molecule has 1 aliphatic heterocycles. The molecule has 1 N–H and O–H groups in total. The molecular weight excluding hydrogens is 400 g/mol. The van der Waals surface area contributed by atoms with E-state index in [1.807, 2.05) is 60.9 Å². The molecule has 0 bridgehead atoms. The zero-order valence-electron chi connectivity index (χ0n) is 18.5. The summed E-state index contributed by atoms with van der Waals surface area (Å²) in [5.74, 6) is 0.700. The van der Waals surface area contributed by atoms with Crippen molar-refractivity contribution < 1.29 is 9.53 Å². The van der Waals surface area contributed by atoms with Gasteiger partial charge in [-0.05, 0) is 74.2 Å². The third-order valence-corrected chi connectivity index (χ3v) is 5.93. The largest absolute Gasteiger partial charge is 0.490 e. The van der Waals surface area contributed by atoms with Crippen molar-refractivity contribution in [3.8, 4) is 5.75 Å². The zero-order chi connectivity index (χ0) is 22.2. The maximum absolute atomic E-state index is 12.4. The van der Waals surface area contributed by atoms with Gasteiger partial charge in [0, 0.05) is 43.3 Å². The van der Waals surface area contributed by atoms with Crippen molar-refractivity contribution >= 4 is 5.91 Å². The number of nitrogens with one attached hydrogen (secondary N) is 1. The van der Waals surface area contributed by atoms with Gasteiger partial charge >= 0.3 is 0 Å². The number of benzene rings is 1. The summed E-state index contributed by atoms with van der Waals surface area (Å²) >= 11 is 0. The minimum Gasteiger partial charge on any atom is -0.490 e. The van der Waals surface area contributed by atoms with Crippen LogP contribution in [0.4, 0.5) is 0 Å². The fraction of sp³-hybridized carbons (Fsp3) is 0.346. The molecule has 6 nitrogen and oxygen atoms in total. The van der Waals surface area contributed by atoms with Crippen LogP contribution in [0.25, 0.3) is 0 Å². The number of nitrogens with zero attached hydrogens (tertiary/aromatic N) is 3. The minimum atomic E-state index is -0.113. The zero-order valence-corrected chi connectivity index (χ0v) is 18.5. The SMILES string of the molecule is C[C@H](Cc1cccnc1)N1CCC(Oc2ccc(C(=O)NCc3ccccn3)cc2)CC1. The summed E-state index contributed by atoms with van der Waals surface area (Å²) in [6.45, 7) is 4.75.